The van der Waals surface area contributed by atoms with E-state index in [0.717, 1.165) is 43.4 Å². The summed E-state index contributed by atoms with van der Waals surface area (Å²) < 4.78 is 0. The summed E-state index contributed by atoms with van der Waals surface area (Å²) in [6, 6.07) is 0. The molecule has 0 saturated heterocycles. The summed E-state index contributed by atoms with van der Waals surface area (Å²) in [6.45, 7) is 12.0. The highest BCUT2D eigenvalue weighted by molar-refractivity contribution is 5.25. The van der Waals surface area contributed by atoms with Crippen molar-refractivity contribution >= 4 is 0 Å². The van der Waals surface area contributed by atoms with Gasteiger partial charge in [-0.3, -0.25) is 0 Å². The van der Waals surface area contributed by atoms with Crippen LogP contribution in [-0.2, 0) is 0 Å². The average Bonchev–Trinajstić information content (AvgIpc) is 3.03. The van der Waals surface area contributed by atoms with E-state index in [2.05, 4.69) is 40.7 Å². The number of fused-ring (bicyclic) bond motifs is 5. The van der Waals surface area contributed by atoms with Crippen LogP contribution in [0.15, 0.2) is 11.6 Å². The highest BCUT2D eigenvalue weighted by Gasteiger charge is 2.59. The van der Waals surface area contributed by atoms with Crippen LogP contribution < -0.4 is 0 Å². The molecule has 4 aliphatic rings. The molecular weight excluding hydrogens is 356 g/mol. The molecule has 166 valence electrons. The van der Waals surface area contributed by atoms with Crippen molar-refractivity contribution in [3.8, 4) is 0 Å². The van der Waals surface area contributed by atoms with Crippen LogP contribution in [0.2, 0.25) is 0 Å². The molecule has 0 aromatic carbocycles. The van der Waals surface area contributed by atoms with E-state index in [1.54, 1.807) is 5.57 Å². The van der Waals surface area contributed by atoms with Gasteiger partial charge in [0.2, 0.25) is 0 Å². The Morgan fingerprint density at radius 3 is 2.48 bits per heavy atom. The second-order valence-corrected chi connectivity index (χ2v) is 12.3. The maximum absolute atomic E-state index is 11.0. The SMILES string of the molecule is CC(C)CC[C@@H](O)[C@@H](C)[C@H]1CC[C@H]2C3CC=C4C[C@@H](O)CC[C@]4(C)[C@H]3CC[C@]12C. The highest BCUT2D eigenvalue weighted by atomic mass is 16.3. The maximum atomic E-state index is 11.0. The second kappa shape index (κ2) is 7.97. The zero-order valence-electron chi connectivity index (χ0n) is 19.7. The largest absolute Gasteiger partial charge is 0.393 e. The van der Waals surface area contributed by atoms with Crippen molar-refractivity contribution in [1.82, 2.24) is 0 Å². The molecule has 4 rings (SSSR count). The minimum Gasteiger partial charge on any atom is -0.393 e. The van der Waals surface area contributed by atoms with Crippen LogP contribution in [0.3, 0.4) is 0 Å². The van der Waals surface area contributed by atoms with Crippen LogP contribution in [0.25, 0.3) is 0 Å². The van der Waals surface area contributed by atoms with Gasteiger partial charge in [-0.25, -0.2) is 0 Å². The minimum atomic E-state index is -0.133. The van der Waals surface area contributed by atoms with E-state index in [1.807, 2.05) is 0 Å². The molecule has 0 aromatic rings. The van der Waals surface area contributed by atoms with Gasteiger partial charge in [-0.05, 0) is 111 Å². The van der Waals surface area contributed by atoms with Crippen molar-refractivity contribution in [3.63, 3.8) is 0 Å². The molecule has 0 amide bonds. The highest BCUT2D eigenvalue weighted by Crippen LogP contribution is 2.67. The normalized spacial score (nSPS) is 46.5. The van der Waals surface area contributed by atoms with Crippen molar-refractivity contribution in [2.45, 2.75) is 111 Å². The predicted molar refractivity (Wildman–Crippen MR) is 120 cm³/mol. The monoisotopic (exact) mass is 402 g/mol. The van der Waals surface area contributed by atoms with Crippen molar-refractivity contribution in [3.05, 3.63) is 11.6 Å². The molecule has 0 spiro atoms. The number of rotatable bonds is 5. The summed E-state index contributed by atoms with van der Waals surface area (Å²) >= 11 is 0. The van der Waals surface area contributed by atoms with Crippen molar-refractivity contribution < 1.29 is 10.2 Å². The average molecular weight is 403 g/mol. The van der Waals surface area contributed by atoms with E-state index in [-0.39, 0.29) is 12.2 Å². The molecule has 2 heteroatoms. The van der Waals surface area contributed by atoms with Crippen LogP contribution in [-0.4, -0.2) is 22.4 Å². The zero-order valence-corrected chi connectivity index (χ0v) is 19.7. The van der Waals surface area contributed by atoms with E-state index in [4.69, 9.17) is 0 Å². The third-order valence-electron chi connectivity index (χ3n) is 10.4. The first-order valence-electron chi connectivity index (χ1n) is 12.7. The Hall–Kier alpha value is -0.340. The van der Waals surface area contributed by atoms with Gasteiger partial charge in [-0.15, -0.1) is 0 Å². The molecular formula is C27H46O2. The Labute approximate surface area is 179 Å². The first-order chi connectivity index (χ1) is 13.7. The smallest absolute Gasteiger partial charge is 0.0577 e. The molecule has 0 aliphatic heterocycles. The van der Waals surface area contributed by atoms with Crippen molar-refractivity contribution in [2.24, 2.45) is 46.3 Å². The quantitative estimate of drug-likeness (QED) is 0.525. The second-order valence-electron chi connectivity index (χ2n) is 12.3. The number of allylic oxidation sites excluding steroid dienone is 1. The number of hydrogen-bond donors (Lipinski definition) is 2. The van der Waals surface area contributed by atoms with Crippen LogP contribution in [0.1, 0.15) is 98.8 Å². The van der Waals surface area contributed by atoms with Gasteiger partial charge in [0.15, 0.2) is 0 Å². The predicted octanol–water partition coefficient (Wildman–Crippen LogP) is 6.36. The zero-order chi connectivity index (χ0) is 21.0. The van der Waals surface area contributed by atoms with Gasteiger partial charge in [0, 0.05) is 0 Å². The van der Waals surface area contributed by atoms with Crippen LogP contribution in [0.5, 0.6) is 0 Å². The number of aliphatic hydroxyl groups is 2. The topological polar surface area (TPSA) is 40.5 Å². The Bertz CT molecular complexity index is 624. The van der Waals surface area contributed by atoms with Gasteiger partial charge in [0.1, 0.15) is 0 Å². The molecule has 29 heavy (non-hydrogen) atoms. The number of hydrogen-bond acceptors (Lipinski definition) is 2. The van der Waals surface area contributed by atoms with Crippen LogP contribution >= 0.6 is 0 Å². The molecule has 2 N–H and O–H groups in total. The molecule has 3 fully saturated rings. The number of aliphatic hydroxyl groups excluding tert-OH is 2. The summed E-state index contributed by atoms with van der Waals surface area (Å²) in [6.07, 6.45) is 14.1. The van der Waals surface area contributed by atoms with Gasteiger partial charge >= 0.3 is 0 Å². The lowest BCUT2D eigenvalue weighted by Crippen LogP contribution is -2.51. The molecule has 0 radical (unpaired) electrons. The Morgan fingerprint density at radius 2 is 1.76 bits per heavy atom. The van der Waals surface area contributed by atoms with E-state index < -0.39 is 0 Å². The van der Waals surface area contributed by atoms with E-state index >= 15 is 0 Å². The van der Waals surface area contributed by atoms with E-state index in [0.29, 0.717) is 28.6 Å². The third-order valence-corrected chi connectivity index (χ3v) is 10.4. The minimum absolute atomic E-state index is 0.108. The first kappa shape index (κ1) is 21.9. The first-order valence-corrected chi connectivity index (χ1v) is 12.7. The molecule has 4 aliphatic carbocycles. The lowest BCUT2D eigenvalue weighted by molar-refractivity contribution is -0.0681. The summed E-state index contributed by atoms with van der Waals surface area (Å²) in [7, 11) is 0. The van der Waals surface area contributed by atoms with Gasteiger partial charge in [0.05, 0.1) is 12.2 Å². The third kappa shape index (κ3) is 3.65. The lowest BCUT2D eigenvalue weighted by atomic mass is 9.47. The fraction of sp³-hybridized carbons (Fsp3) is 0.926. The molecule has 2 nitrogen and oxygen atoms in total. The molecule has 9 atom stereocenters. The van der Waals surface area contributed by atoms with Crippen LogP contribution in [0.4, 0.5) is 0 Å². The molecule has 0 bridgehead atoms. The lowest BCUT2D eigenvalue weighted by Gasteiger charge is -2.58. The van der Waals surface area contributed by atoms with Crippen molar-refractivity contribution in [2.75, 3.05) is 0 Å². The van der Waals surface area contributed by atoms with Gasteiger partial charge in [-0.2, -0.15) is 0 Å². The van der Waals surface area contributed by atoms with Gasteiger partial charge in [-0.1, -0.05) is 46.3 Å². The molecule has 3 saturated carbocycles. The standard InChI is InChI=1S/C27H46O2/c1-17(2)6-11-25(29)18(3)22-9-10-23-21-8-7-19-16-20(28)12-14-26(19,4)24(21)13-15-27(22,23)5/h7,17-18,20-25,28-29H,6,8-16H2,1-5H3/t18-,20-,21?,22+,23-,24-,25+,26-,27+/m0/s1. The van der Waals surface area contributed by atoms with E-state index in [9.17, 15) is 10.2 Å². The molecule has 0 heterocycles. The molecule has 1 unspecified atom stereocenters. The Morgan fingerprint density at radius 1 is 1.00 bits per heavy atom. The Balaban J connectivity index is 1.51. The van der Waals surface area contributed by atoms with Gasteiger partial charge < -0.3 is 10.2 Å². The van der Waals surface area contributed by atoms with Gasteiger partial charge in [0.25, 0.3) is 0 Å². The Kier molecular flexibility index (Phi) is 6.01. The summed E-state index contributed by atoms with van der Waals surface area (Å²) in [5, 5.41) is 21.2. The molecule has 0 aromatic heterocycles. The maximum Gasteiger partial charge on any atom is 0.0577 e. The van der Waals surface area contributed by atoms with Crippen LogP contribution in [0, 0.1) is 46.3 Å². The summed E-state index contributed by atoms with van der Waals surface area (Å²) in [5.74, 6) is 4.25. The summed E-state index contributed by atoms with van der Waals surface area (Å²) in [5.41, 5.74) is 2.33. The summed E-state index contributed by atoms with van der Waals surface area (Å²) in [4.78, 5) is 0. The van der Waals surface area contributed by atoms with E-state index in [1.165, 1.54) is 38.5 Å². The van der Waals surface area contributed by atoms with Crippen molar-refractivity contribution in [1.29, 1.82) is 0 Å². The fourth-order valence-corrected chi connectivity index (χ4v) is 8.58. The fourth-order valence-electron chi connectivity index (χ4n) is 8.58.